The summed E-state index contributed by atoms with van der Waals surface area (Å²) in [6.45, 7) is 0. The Hall–Kier alpha value is -3.10. The van der Waals surface area contributed by atoms with Gasteiger partial charge in [-0.2, -0.15) is 4.98 Å². The van der Waals surface area contributed by atoms with E-state index in [1.807, 2.05) is 0 Å². The van der Waals surface area contributed by atoms with E-state index in [1.165, 1.54) is 12.2 Å². The van der Waals surface area contributed by atoms with E-state index in [9.17, 15) is 20.0 Å². The van der Waals surface area contributed by atoms with Gasteiger partial charge in [0, 0.05) is 5.56 Å². The number of aromatic amines is 1. The van der Waals surface area contributed by atoms with Crippen LogP contribution in [-0.2, 0) is 0 Å². The number of aromatic nitrogens is 2. The Balaban J connectivity index is 1.89. The lowest BCUT2D eigenvalue weighted by Crippen LogP contribution is -2.14. The monoisotopic (exact) mass is 393 g/mol. The van der Waals surface area contributed by atoms with Crippen molar-refractivity contribution in [3.05, 3.63) is 72.4 Å². The molecule has 0 saturated heterocycles. The minimum atomic E-state index is -1.06. The molecule has 1 aromatic carbocycles. The van der Waals surface area contributed by atoms with Crippen molar-refractivity contribution in [3.8, 4) is 17.2 Å². The highest BCUT2D eigenvalue weighted by Crippen LogP contribution is 2.34. The third-order valence-corrected chi connectivity index (χ3v) is 4.15. The first-order valence-corrected chi connectivity index (χ1v) is 7.82. The van der Waals surface area contributed by atoms with Crippen LogP contribution in [0.2, 0.25) is 10.0 Å². The van der Waals surface area contributed by atoms with E-state index in [1.54, 1.807) is 30.3 Å². The Morgan fingerprint density at radius 3 is 2.69 bits per heavy atom. The Kier molecular flexibility index (Phi) is 4.79. The van der Waals surface area contributed by atoms with Gasteiger partial charge in [-0.05, 0) is 36.4 Å². The molecule has 0 aliphatic heterocycles. The number of H-pyrrole nitrogens is 1. The summed E-state index contributed by atoms with van der Waals surface area (Å²) < 4.78 is 5.63. The number of rotatable bonds is 4. The summed E-state index contributed by atoms with van der Waals surface area (Å²) in [5, 5.41) is 20.9. The molecule has 26 heavy (non-hydrogen) atoms. The van der Waals surface area contributed by atoms with Gasteiger partial charge in [0.2, 0.25) is 0 Å². The summed E-state index contributed by atoms with van der Waals surface area (Å²) in [5.74, 6) is -0.164. The van der Waals surface area contributed by atoms with Crippen molar-refractivity contribution in [2.75, 3.05) is 0 Å². The van der Waals surface area contributed by atoms with Gasteiger partial charge in [-0.25, -0.2) is 0 Å². The zero-order valence-corrected chi connectivity index (χ0v) is 14.3. The molecule has 2 aromatic heterocycles. The van der Waals surface area contributed by atoms with Crippen LogP contribution in [0.3, 0.4) is 0 Å². The van der Waals surface area contributed by atoms with E-state index in [0.29, 0.717) is 27.1 Å². The molecule has 0 aliphatic rings. The van der Waals surface area contributed by atoms with E-state index >= 15 is 0 Å². The first-order chi connectivity index (χ1) is 12.4. The molecule has 0 radical (unpaired) electrons. The van der Waals surface area contributed by atoms with Crippen LogP contribution in [0.5, 0.6) is 5.88 Å². The predicted molar refractivity (Wildman–Crippen MR) is 96.3 cm³/mol. The summed E-state index contributed by atoms with van der Waals surface area (Å²) in [6, 6.07) is 8.46. The number of benzene rings is 1. The number of hydrogen-bond donors (Lipinski definition) is 2. The van der Waals surface area contributed by atoms with Crippen LogP contribution < -0.4 is 5.56 Å². The lowest BCUT2D eigenvalue weighted by Gasteiger charge is -2.01. The molecular formula is C16H9Cl2N3O5. The van der Waals surface area contributed by atoms with Crippen molar-refractivity contribution in [1.82, 2.24) is 9.97 Å². The highest BCUT2D eigenvalue weighted by atomic mass is 35.5. The number of aromatic hydroxyl groups is 1. The molecule has 3 rings (SSSR count). The largest absolute Gasteiger partial charge is 0.488 e. The van der Waals surface area contributed by atoms with Gasteiger partial charge in [0.1, 0.15) is 17.3 Å². The van der Waals surface area contributed by atoms with E-state index in [2.05, 4.69) is 9.97 Å². The van der Waals surface area contributed by atoms with Gasteiger partial charge in [0.25, 0.3) is 5.88 Å². The predicted octanol–water partition coefficient (Wildman–Crippen LogP) is 4.12. The van der Waals surface area contributed by atoms with Crippen LogP contribution in [-0.4, -0.2) is 20.0 Å². The molecule has 0 atom stereocenters. The number of nitro groups is 1. The molecule has 0 saturated carbocycles. The highest BCUT2D eigenvalue weighted by Gasteiger charge is 2.21. The SMILES string of the molecule is O=c1[nH]c(/C=C/c2ccc(-c3cccc(Cl)c3Cl)o2)nc(O)c1[N+](=O)[O-]. The first-order valence-electron chi connectivity index (χ1n) is 7.07. The molecule has 10 heteroatoms. The molecule has 0 fully saturated rings. The van der Waals surface area contributed by atoms with Crippen LogP contribution in [0.25, 0.3) is 23.5 Å². The third-order valence-electron chi connectivity index (χ3n) is 3.33. The minimum absolute atomic E-state index is 0.0724. The van der Waals surface area contributed by atoms with Crippen molar-refractivity contribution in [1.29, 1.82) is 0 Å². The van der Waals surface area contributed by atoms with Crippen molar-refractivity contribution in [2.24, 2.45) is 0 Å². The van der Waals surface area contributed by atoms with Crippen molar-refractivity contribution >= 4 is 41.0 Å². The van der Waals surface area contributed by atoms with E-state index in [0.717, 1.165) is 0 Å². The van der Waals surface area contributed by atoms with Crippen molar-refractivity contribution < 1.29 is 14.4 Å². The number of hydrogen-bond acceptors (Lipinski definition) is 6. The van der Waals surface area contributed by atoms with Crippen LogP contribution >= 0.6 is 23.2 Å². The fourth-order valence-electron chi connectivity index (χ4n) is 2.16. The molecule has 3 aromatic rings. The van der Waals surface area contributed by atoms with Gasteiger partial charge in [-0.3, -0.25) is 14.9 Å². The molecule has 0 aliphatic carbocycles. The van der Waals surface area contributed by atoms with E-state index in [4.69, 9.17) is 27.6 Å². The molecule has 0 amide bonds. The van der Waals surface area contributed by atoms with Crippen LogP contribution in [0.1, 0.15) is 11.6 Å². The first kappa shape index (κ1) is 17.7. The lowest BCUT2D eigenvalue weighted by molar-refractivity contribution is -0.387. The summed E-state index contributed by atoms with van der Waals surface area (Å²) in [5.41, 5.74) is -1.47. The zero-order valence-electron chi connectivity index (χ0n) is 12.8. The van der Waals surface area contributed by atoms with Crippen LogP contribution in [0, 0.1) is 10.1 Å². The average Bonchev–Trinajstić information content (AvgIpc) is 3.03. The topological polar surface area (TPSA) is 122 Å². The standard InChI is InChI=1S/C16H9Cl2N3O5/c17-10-3-1-2-9(13(10)18)11-6-4-8(26-11)5-7-12-19-15(22)14(21(24)25)16(23)20-12/h1-7H,(H2,19,20,22,23)/b7-5+. The quantitative estimate of drug-likeness (QED) is 0.507. The number of nitrogens with one attached hydrogen (secondary N) is 1. The Morgan fingerprint density at radius 1 is 1.23 bits per heavy atom. The fourth-order valence-corrected chi connectivity index (χ4v) is 2.55. The maximum absolute atomic E-state index is 11.6. The molecule has 0 bridgehead atoms. The maximum atomic E-state index is 11.6. The number of nitrogens with zero attached hydrogens (tertiary/aromatic N) is 2. The second-order valence-corrected chi connectivity index (χ2v) is 5.80. The summed E-state index contributed by atoms with van der Waals surface area (Å²) in [6.07, 6.45) is 2.79. The van der Waals surface area contributed by atoms with Gasteiger partial charge in [-0.1, -0.05) is 29.3 Å². The lowest BCUT2D eigenvalue weighted by atomic mass is 10.2. The third kappa shape index (κ3) is 3.46. The maximum Gasteiger partial charge on any atom is 0.395 e. The summed E-state index contributed by atoms with van der Waals surface area (Å²) in [7, 11) is 0. The Bertz CT molecular complexity index is 1090. The second kappa shape index (κ2) is 7.03. The Morgan fingerprint density at radius 2 is 2.00 bits per heavy atom. The summed E-state index contributed by atoms with van der Waals surface area (Å²) >= 11 is 12.1. The second-order valence-electron chi connectivity index (χ2n) is 5.02. The van der Waals surface area contributed by atoms with Gasteiger partial charge in [0.05, 0.1) is 15.0 Å². The molecule has 132 valence electrons. The Labute approximate surface area is 155 Å². The number of furan rings is 1. The minimum Gasteiger partial charge on any atom is -0.488 e. The normalized spacial score (nSPS) is 11.2. The molecule has 0 unspecified atom stereocenters. The molecule has 2 N–H and O–H groups in total. The van der Waals surface area contributed by atoms with Crippen molar-refractivity contribution in [3.63, 3.8) is 0 Å². The highest BCUT2D eigenvalue weighted by molar-refractivity contribution is 6.43. The summed E-state index contributed by atoms with van der Waals surface area (Å²) in [4.78, 5) is 27.0. The fraction of sp³-hybridized carbons (Fsp3) is 0. The number of halogens is 2. The van der Waals surface area contributed by atoms with Crippen molar-refractivity contribution in [2.45, 2.75) is 0 Å². The molecule has 8 nitrogen and oxygen atoms in total. The van der Waals surface area contributed by atoms with Gasteiger partial charge in [-0.15, -0.1) is 0 Å². The van der Waals surface area contributed by atoms with Crippen LogP contribution in [0.4, 0.5) is 5.69 Å². The van der Waals surface area contributed by atoms with E-state index in [-0.39, 0.29) is 5.82 Å². The van der Waals surface area contributed by atoms with E-state index < -0.39 is 22.0 Å². The van der Waals surface area contributed by atoms with Crippen LogP contribution in [0.15, 0.2) is 39.5 Å². The average molecular weight is 394 g/mol. The molecule has 0 spiro atoms. The van der Waals surface area contributed by atoms with Gasteiger partial charge in [0.15, 0.2) is 0 Å². The molecular weight excluding hydrogens is 385 g/mol. The van der Waals surface area contributed by atoms with Gasteiger partial charge >= 0.3 is 11.2 Å². The van der Waals surface area contributed by atoms with Gasteiger partial charge < -0.3 is 14.5 Å². The molecule has 2 heterocycles. The smallest absolute Gasteiger partial charge is 0.395 e. The zero-order chi connectivity index (χ0) is 18.8.